The average Bonchev–Trinajstić information content (AvgIpc) is 3.77. The summed E-state index contributed by atoms with van der Waals surface area (Å²) in [5.74, 6) is 0.334. The van der Waals surface area contributed by atoms with Crippen molar-refractivity contribution in [3.8, 4) is 0 Å². The first-order valence-electron chi connectivity index (χ1n) is 17.3. The van der Waals surface area contributed by atoms with Crippen LogP contribution in [0.4, 0.5) is 0 Å². The number of H-pyrrole nitrogens is 2. The van der Waals surface area contributed by atoms with Crippen LogP contribution in [0.5, 0.6) is 0 Å². The number of hydrogen-bond acceptors (Lipinski definition) is 5. The summed E-state index contributed by atoms with van der Waals surface area (Å²) >= 11 is 0. The maximum absolute atomic E-state index is 13.3. The van der Waals surface area contributed by atoms with Gasteiger partial charge in [0.05, 0.1) is 18.0 Å². The van der Waals surface area contributed by atoms with Gasteiger partial charge in [-0.3, -0.25) is 9.78 Å². The molecule has 0 aliphatic carbocycles. The van der Waals surface area contributed by atoms with Gasteiger partial charge in [-0.2, -0.15) is 0 Å². The van der Waals surface area contributed by atoms with Crippen molar-refractivity contribution >= 4 is 56.8 Å². The van der Waals surface area contributed by atoms with E-state index in [-0.39, 0.29) is 24.3 Å². The number of aryl methyl sites for hydroxylation is 3. The molecule has 0 saturated carbocycles. The fourth-order valence-electron chi connectivity index (χ4n) is 7.04. The Hall–Kier alpha value is -2.89. The number of nitrogens with zero attached hydrogens (tertiary/aromatic N) is 3. The molecule has 0 spiro atoms. The highest BCUT2D eigenvalue weighted by atomic mass is 32.0. The molecule has 5 rings (SSSR count). The molecule has 10 heteroatoms. The first kappa shape index (κ1) is 36.4. The van der Waals surface area contributed by atoms with E-state index < -0.39 is 0 Å². The Kier molecular flexibility index (Phi) is 12.3. The number of amides is 1. The van der Waals surface area contributed by atoms with E-state index >= 15 is 0 Å². The van der Waals surface area contributed by atoms with Gasteiger partial charge in [0.2, 0.25) is 5.91 Å². The molecule has 5 heterocycles. The number of aromatic nitrogens is 4. The SMILES string of the molecule is CCc1c(C)c2cc3[nH]c(cc4nc(c(C)c5nc(cc1[nH]2)C(C)=C5)[C@@H](CCC(=O)N(C)CCCOCCCPP)[C@@H]4C)c(C)c3CO. The molecule has 8 bridgehead atoms. The van der Waals surface area contributed by atoms with E-state index in [4.69, 9.17) is 14.7 Å². The number of nitrogens with one attached hydrogen (secondary N) is 2. The lowest BCUT2D eigenvalue weighted by Crippen LogP contribution is -2.28. The van der Waals surface area contributed by atoms with Crippen LogP contribution in [0, 0.1) is 20.8 Å². The van der Waals surface area contributed by atoms with Gasteiger partial charge in [0, 0.05) is 84.1 Å². The second kappa shape index (κ2) is 16.2. The lowest BCUT2D eigenvalue weighted by Gasteiger charge is -2.21. The molecular weight excluding hydrogens is 636 g/mol. The van der Waals surface area contributed by atoms with Gasteiger partial charge >= 0.3 is 0 Å². The number of hydrogen-bond donors (Lipinski definition) is 3. The molecule has 1 amide bonds. The monoisotopic (exact) mass is 689 g/mol. The summed E-state index contributed by atoms with van der Waals surface area (Å²) in [7, 11) is 5.57. The highest BCUT2D eigenvalue weighted by molar-refractivity contribution is 8.02. The normalized spacial score (nSPS) is 16.2. The Morgan fingerprint density at radius 1 is 0.979 bits per heavy atom. The fraction of sp³-hybridized carbons (Fsp3) is 0.500. The number of fused-ring (bicyclic) bond motifs is 8. The molecule has 0 fully saturated rings. The summed E-state index contributed by atoms with van der Waals surface area (Å²) < 4.78 is 5.75. The molecule has 3 aromatic rings. The molecule has 258 valence electrons. The first-order valence-corrected chi connectivity index (χ1v) is 20.4. The first-order chi connectivity index (χ1) is 23.1. The molecule has 2 unspecified atom stereocenters. The van der Waals surface area contributed by atoms with E-state index in [9.17, 15) is 9.90 Å². The van der Waals surface area contributed by atoms with E-state index in [0.717, 1.165) is 101 Å². The van der Waals surface area contributed by atoms with Gasteiger partial charge in [-0.05, 0) is 112 Å². The quantitative estimate of drug-likeness (QED) is 0.124. The minimum Gasteiger partial charge on any atom is -0.392 e. The van der Waals surface area contributed by atoms with Crippen LogP contribution in [0.3, 0.4) is 0 Å². The molecule has 0 saturated heterocycles. The number of aliphatic hydroxyl groups excluding tert-OH is 1. The largest absolute Gasteiger partial charge is 0.392 e. The highest BCUT2D eigenvalue weighted by Crippen LogP contribution is 2.42. The van der Waals surface area contributed by atoms with Crippen molar-refractivity contribution in [2.45, 2.75) is 92.1 Å². The van der Waals surface area contributed by atoms with E-state index in [1.165, 1.54) is 17.3 Å². The van der Waals surface area contributed by atoms with Crippen molar-refractivity contribution in [3.63, 3.8) is 0 Å². The number of rotatable bonds is 13. The van der Waals surface area contributed by atoms with E-state index in [2.05, 4.69) is 84.7 Å². The minimum atomic E-state index is -0.0600. The standard InChI is InChI=1S/C38H53N5O3P2/c1-8-27-23(3)33-20-36-29(21-44)25(5)32(41-36)19-34-24(4)28(11-12-37(45)43(7)13-9-14-46-15-10-16-48-47)38(42-34)26(6)31-17-22(2)30(39-31)18-35(27)40-33/h17-20,24,28,40-41,44,48H,8-16,21,47H2,1-7H3/t24-,28-/m0/s1. The van der Waals surface area contributed by atoms with Gasteiger partial charge in [0.15, 0.2) is 0 Å². The maximum Gasteiger partial charge on any atom is 0.222 e. The number of carbonyl (C=O) groups excluding carboxylic acids is 1. The lowest BCUT2D eigenvalue weighted by molar-refractivity contribution is -0.130. The van der Waals surface area contributed by atoms with Crippen LogP contribution in [0.1, 0.15) is 109 Å². The van der Waals surface area contributed by atoms with Crippen molar-refractivity contribution in [1.82, 2.24) is 24.8 Å². The van der Waals surface area contributed by atoms with Gasteiger partial charge in [-0.15, -0.1) is 17.2 Å². The maximum atomic E-state index is 13.3. The van der Waals surface area contributed by atoms with Crippen LogP contribution in [0.25, 0.3) is 33.7 Å². The highest BCUT2D eigenvalue weighted by Gasteiger charge is 2.31. The third-order valence-corrected chi connectivity index (χ3v) is 11.7. The molecule has 0 radical (unpaired) electrons. The summed E-state index contributed by atoms with van der Waals surface area (Å²) in [6, 6.07) is 6.41. The second-order valence-electron chi connectivity index (χ2n) is 13.3. The van der Waals surface area contributed by atoms with Crippen molar-refractivity contribution in [2.75, 3.05) is 33.0 Å². The van der Waals surface area contributed by atoms with E-state index in [0.29, 0.717) is 26.0 Å². The molecule has 8 nitrogen and oxygen atoms in total. The van der Waals surface area contributed by atoms with Gasteiger partial charge in [0.25, 0.3) is 0 Å². The third-order valence-electron chi connectivity index (χ3n) is 10.2. The van der Waals surface area contributed by atoms with Gasteiger partial charge in [-0.25, -0.2) is 4.98 Å². The summed E-state index contributed by atoms with van der Waals surface area (Å²) in [5.41, 5.74) is 14.3. The summed E-state index contributed by atoms with van der Waals surface area (Å²) in [4.78, 5) is 32.8. The Labute approximate surface area is 289 Å². The van der Waals surface area contributed by atoms with Crippen LogP contribution in [-0.4, -0.2) is 68.8 Å². The zero-order valence-electron chi connectivity index (χ0n) is 29.7. The molecule has 0 aromatic carbocycles. The van der Waals surface area contributed by atoms with Gasteiger partial charge < -0.3 is 24.7 Å². The average molecular weight is 690 g/mol. The predicted octanol–water partition coefficient (Wildman–Crippen LogP) is 8.25. The van der Waals surface area contributed by atoms with Crippen LogP contribution in [0.2, 0.25) is 0 Å². The summed E-state index contributed by atoms with van der Waals surface area (Å²) in [6.07, 6.45) is 7.33. The zero-order chi connectivity index (χ0) is 34.5. The van der Waals surface area contributed by atoms with Gasteiger partial charge in [0.1, 0.15) is 0 Å². The Morgan fingerprint density at radius 2 is 1.67 bits per heavy atom. The molecule has 2 aliphatic heterocycles. The number of allylic oxidation sites excluding steroid dienone is 1. The molecule has 3 aromatic heterocycles. The molecule has 2 aliphatic rings. The zero-order valence-corrected chi connectivity index (χ0v) is 31.9. The Morgan fingerprint density at radius 3 is 2.38 bits per heavy atom. The minimum absolute atomic E-state index is 0.0600. The Bertz CT molecular complexity index is 1840. The Balaban J connectivity index is 1.54. The van der Waals surface area contributed by atoms with Crippen LogP contribution < -0.4 is 0 Å². The van der Waals surface area contributed by atoms with Crippen molar-refractivity contribution in [3.05, 3.63) is 68.8 Å². The van der Waals surface area contributed by atoms with Crippen LogP contribution in [0.15, 0.2) is 18.2 Å². The van der Waals surface area contributed by atoms with Crippen LogP contribution >= 0.6 is 17.2 Å². The molecular formula is C38H53N5O3P2. The topological polar surface area (TPSA) is 107 Å². The van der Waals surface area contributed by atoms with Crippen molar-refractivity contribution in [2.24, 2.45) is 0 Å². The summed E-state index contributed by atoms with van der Waals surface area (Å²) in [5, 5.41) is 10.4. The second-order valence-corrected chi connectivity index (χ2v) is 15.5. The predicted molar refractivity (Wildman–Crippen MR) is 205 cm³/mol. The van der Waals surface area contributed by atoms with Crippen LogP contribution in [-0.2, 0) is 22.6 Å². The van der Waals surface area contributed by atoms with Crippen molar-refractivity contribution in [1.29, 1.82) is 0 Å². The lowest BCUT2D eigenvalue weighted by atomic mass is 9.85. The molecule has 4 atom stereocenters. The fourth-order valence-corrected chi connectivity index (χ4v) is 8.00. The van der Waals surface area contributed by atoms with Gasteiger partial charge in [-0.1, -0.05) is 13.8 Å². The smallest absolute Gasteiger partial charge is 0.222 e. The van der Waals surface area contributed by atoms with E-state index in [1.54, 1.807) is 0 Å². The van der Waals surface area contributed by atoms with E-state index in [1.807, 2.05) is 11.9 Å². The van der Waals surface area contributed by atoms with Crippen molar-refractivity contribution < 1.29 is 14.6 Å². The molecule has 48 heavy (non-hydrogen) atoms. The third kappa shape index (κ3) is 7.78. The summed E-state index contributed by atoms with van der Waals surface area (Å²) in [6.45, 7) is 14.9. The number of aliphatic hydroxyl groups is 1. The molecule has 3 N–H and O–H groups in total. The number of carbonyl (C=O) groups is 1. The number of ether oxygens (including phenoxy) is 1. The number of aromatic amines is 2.